The first-order chi connectivity index (χ1) is 7.74. The van der Waals surface area contributed by atoms with Crippen molar-refractivity contribution in [2.75, 3.05) is 0 Å². The van der Waals surface area contributed by atoms with Gasteiger partial charge in [-0.3, -0.25) is 0 Å². The zero-order valence-corrected chi connectivity index (χ0v) is 10.3. The standard InChI is InChI=1S/C11H12BrN3O/c12-10-2-1-9(16-10)11-14-6-8-5-7(13)3-4-15(8)11/h1-2,6-7H,3-5,13H2. The van der Waals surface area contributed by atoms with Crippen molar-refractivity contribution in [3.63, 3.8) is 0 Å². The molecule has 1 unspecified atom stereocenters. The smallest absolute Gasteiger partial charge is 0.176 e. The predicted octanol–water partition coefficient (Wildman–Crippen LogP) is 2.18. The molecule has 0 fully saturated rings. The zero-order chi connectivity index (χ0) is 11.1. The van der Waals surface area contributed by atoms with Gasteiger partial charge in [0.15, 0.2) is 16.3 Å². The van der Waals surface area contributed by atoms with Gasteiger partial charge in [0, 0.05) is 30.9 Å². The van der Waals surface area contributed by atoms with Gasteiger partial charge in [-0.25, -0.2) is 4.98 Å². The molecular formula is C11H12BrN3O. The summed E-state index contributed by atoms with van der Waals surface area (Å²) in [5.41, 5.74) is 7.13. The van der Waals surface area contributed by atoms with Crippen LogP contribution in [0.5, 0.6) is 0 Å². The van der Waals surface area contributed by atoms with Crippen LogP contribution in [0.4, 0.5) is 0 Å². The van der Waals surface area contributed by atoms with Crippen LogP contribution in [-0.4, -0.2) is 15.6 Å². The third-order valence-electron chi connectivity index (χ3n) is 2.93. The summed E-state index contributed by atoms with van der Waals surface area (Å²) < 4.78 is 8.44. The largest absolute Gasteiger partial charge is 0.446 e. The number of hydrogen-bond acceptors (Lipinski definition) is 3. The first-order valence-electron chi connectivity index (χ1n) is 5.30. The number of imidazole rings is 1. The molecule has 0 aliphatic carbocycles. The molecule has 16 heavy (non-hydrogen) atoms. The molecule has 5 heteroatoms. The minimum absolute atomic E-state index is 0.264. The van der Waals surface area contributed by atoms with Crippen LogP contribution in [0.15, 0.2) is 27.4 Å². The lowest BCUT2D eigenvalue weighted by atomic mass is 10.1. The van der Waals surface area contributed by atoms with Crippen molar-refractivity contribution < 1.29 is 4.42 Å². The van der Waals surface area contributed by atoms with Crippen LogP contribution < -0.4 is 5.73 Å². The second-order valence-electron chi connectivity index (χ2n) is 4.08. The summed E-state index contributed by atoms with van der Waals surface area (Å²) in [4.78, 5) is 4.41. The fourth-order valence-corrected chi connectivity index (χ4v) is 2.43. The highest BCUT2D eigenvalue weighted by molar-refractivity contribution is 9.10. The average molecular weight is 282 g/mol. The quantitative estimate of drug-likeness (QED) is 0.872. The fraction of sp³-hybridized carbons (Fsp3) is 0.364. The van der Waals surface area contributed by atoms with Gasteiger partial charge in [-0.2, -0.15) is 0 Å². The van der Waals surface area contributed by atoms with Crippen molar-refractivity contribution in [3.8, 4) is 11.6 Å². The van der Waals surface area contributed by atoms with Gasteiger partial charge in [0.1, 0.15) is 0 Å². The minimum Gasteiger partial charge on any atom is -0.446 e. The topological polar surface area (TPSA) is 57.0 Å². The van der Waals surface area contributed by atoms with Gasteiger partial charge in [0.2, 0.25) is 0 Å². The highest BCUT2D eigenvalue weighted by Gasteiger charge is 2.20. The summed E-state index contributed by atoms with van der Waals surface area (Å²) in [6, 6.07) is 4.07. The number of nitrogens with zero attached hydrogens (tertiary/aromatic N) is 2. The predicted molar refractivity (Wildman–Crippen MR) is 63.9 cm³/mol. The third kappa shape index (κ3) is 1.60. The molecule has 2 aromatic heterocycles. The SMILES string of the molecule is NC1CCn2c(cnc2-c2ccc(Br)o2)C1. The van der Waals surface area contributed by atoms with Crippen molar-refractivity contribution in [2.24, 2.45) is 5.73 Å². The summed E-state index contributed by atoms with van der Waals surface area (Å²) in [5.74, 6) is 1.70. The molecule has 4 nitrogen and oxygen atoms in total. The van der Waals surface area contributed by atoms with E-state index in [0.29, 0.717) is 0 Å². The van der Waals surface area contributed by atoms with Crippen LogP contribution in [0.1, 0.15) is 12.1 Å². The van der Waals surface area contributed by atoms with Gasteiger partial charge < -0.3 is 14.7 Å². The Kier molecular flexibility index (Phi) is 2.37. The van der Waals surface area contributed by atoms with Crippen molar-refractivity contribution in [3.05, 3.63) is 28.7 Å². The molecule has 2 N–H and O–H groups in total. The molecule has 0 saturated heterocycles. The molecule has 0 saturated carbocycles. The molecule has 0 radical (unpaired) electrons. The van der Waals surface area contributed by atoms with Crippen LogP contribution in [0.25, 0.3) is 11.6 Å². The summed E-state index contributed by atoms with van der Waals surface area (Å²) in [5, 5.41) is 0. The molecule has 1 aliphatic heterocycles. The maximum absolute atomic E-state index is 5.93. The summed E-state index contributed by atoms with van der Waals surface area (Å²) >= 11 is 3.30. The van der Waals surface area contributed by atoms with Crippen LogP contribution >= 0.6 is 15.9 Å². The Bertz CT molecular complexity index is 517. The Balaban J connectivity index is 2.03. The summed E-state index contributed by atoms with van der Waals surface area (Å²) in [6.07, 6.45) is 3.79. The van der Waals surface area contributed by atoms with Crippen LogP contribution in [0.3, 0.4) is 0 Å². The monoisotopic (exact) mass is 281 g/mol. The molecule has 3 heterocycles. The van der Waals surface area contributed by atoms with Gasteiger partial charge in [0.05, 0.1) is 0 Å². The third-order valence-corrected chi connectivity index (χ3v) is 3.35. The van der Waals surface area contributed by atoms with Gasteiger partial charge in [-0.15, -0.1) is 0 Å². The number of halogens is 1. The van der Waals surface area contributed by atoms with E-state index in [-0.39, 0.29) is 6.04 Å². The Labute approximate surface area is 102 Å². The van der Waals surface area contributed by atoms with E-state index in [1.165, 1.54) is 5.69 Å². The maximum Gasteiger partial charge on any atom is 0.176 e. The van der Waals surface area contributed by atoms with Crippen LogP contribution in [0, 0.1) is 0 Å². The number of fused-ring (bicyclic) bond motifs is 1. The Morgan fingerprint density at radius 1 is 1.50 bits per heavy atom. The lowest BCUT2D eigenvalue weighted by molar-refractivity contribution is 0.467. The van der Waals surface area contributed by atoms with E-state index >= 15 is 0 Å². The van der Waals surface area contributed by atoms with E-state index in [2.05, 4.69) is 25.5 Å². The van der Waals surface area contributed by atoms with Crippen molar-refractivity contribution in [1.82, 2.24) is 9.55 Å². The molecule has 0 bridgehead atoms. The number of aromatic nitrogens is 2. The van der Waals surface area contributed by atoms with Crippen molar-refractivity contribution >= 4 is 15.9 Å². The second-order valence-corrected chi connectivity index (χ2v) is 4.86. The highest BCUT2D eigenvalue weighted by Crippen LogP contribution is 2.27. The number of furan rings is 1. The number of hydrogen-bond donors (Lipinski definition) is 1. The number of nitrogens with two attached hydrogens (primary N) is 1. The molecule has 2 aromatic rings. The van der Waals surface area contributed by atoms with E-state index in [4.69, 9.17) is 10.2 Å². The first-order valence-corrected chi connectivity index (χ1v) is 6.09. The van der Waals surface area contributed by atoms with Gasteiger partial charge in [-0.05, 0) is 34.5 Å². The van der Waals surface area contributed by atoms with Crippen LogP contribution in [0.2, 0.25) is 0 Å². The fourth-order valence-electron chi connectivity index (χ4n) is 2.12. The molecule has 0 spiro atoms. The summed E-state index contributed by atoms with van der Waals surface area (Å²) in [6.45, 7) is 0.921. The van der Waals surface area contributed by atoms with E-state index in [1.54, 1.807) is 0 Å². The molecule has 0 aromatic carbocycles. The van der Waals surface area contributed by atoms with Gasteiger partial charge in [-0.1, -0.05) is 0 Å². The van der Waals surface area contributed by atoms with Gasteiger partial charge >= 0.3 is 0 Å². The zero-order valence-electron chi connectivity index (χ0n) is 8.69. The maximum atomic E-state index is 5.93. The Morgan fingerprint density at radius 2 is 2.38 bits per heavy atom. The molecule has 84 valence electrons. The Hall–Kier alpha value is -1.07. The van der Waals surface area contributed by atoms with E-state index in [0.717, 1.165) is 35.6 Å². The normalized spacial score (nSPS) is 19.8. The molecular weight excluding hydrogens is 270 g/mol. The van der Waals surface area contributed by atoms with E-state index in [9.17, 15) is 0 Å². The van der Waals surface area contributed by atoms with E-state index < -0.39 is 0 Å². The average Bonchev–Trinajstić information content (AvgIpc) is 2.83. The van der Waals surface area contributed by atoms with Crippen molar-refractivity contribution in [2.45, 2.75) is 25.4 Å². The number of rotatable bonds is 1. The lowest BCUT2D eigenvalue weighted by Gasteiger charge is -2.21. The molecule has 0 amide bonds. The Morgan fingerprint density at radius 3 is 3.12 bits per heavy atom. The minimum atomic E-state index is 0.264. The first kappa shape index (κ1) is 10.1. The molecule has 1 aliphatic rings. The summed E-state index contributed by atoms with van der Waals surface area (Å²) in [7, 11) is 0. The highest BCUT2D eigenvalue weighted by atomic mass is 79.9. The van der Waals surface area contributed by atoms with E-state index in [1.807, 2.05) is 18.3 Å². The van der Waals surface area contributed by atoms with Crippen LogP contribution in [-0.2, 0) is 13.0 Å². The lowest BCUT2D eigenvalue weighted by Crippen LogP contribution is -2.30. The second kappa shape index (κ2) is 3.75. The molecule has 1 atom stereocenters. The molecule has 3 rings (SSSR count). The van der Waals surface area contributed by atoms with Crippen molar-refractivity contribution in [1.29, 1.82) is 0 Å². The van der Waals surface area contributed by atoms with Gasteiger partial charge in [0.25, 0.3) is 0 Å².